The second-order valence-electron chi connectivity index (χ2n) is 16.7. The van der Waals surface area contributed by atoms with Crippen molar-refractivity contribution in [3.05, 3.63) is 29.3 Å². The Labute approximate surface area is 342 Å². The van der Waals surface area contributed by atoms with Gasteiger partial charge in [0, 0.05) is 18.7 Å². The number of nitrogens with one attached hydrogen (secondary N) is 2. The second-order valence-corrected chi connectivity index (χ2v) is 16.7. The van der Waals surface area contributed by atoms with Crippen molar-refractivity contribution in [3.63, 3.8) is 0 Å². The first-order valence-electron chi connectivity index (χ1n) is 24.5. The summed E-state index contributed by atoms with van der Waals surface area (Å²) < 4.78 is 6.18. The molecule has 0 fully saturated rings. The van der Waals surface area contributed by atoms with E-state index in [4.69, 9.17) is 4.74 Å². The SMILES string of the molecule is CCCCCCCCCCCCCCCCCNC(=O)c1ccc(C(=O)NCCCCCCCCCCCCCCCCC)c(OCCCCCCCC)c1. The highest BCUT2D eigenvalue weighted by atomic mass is 16.5. The minimum atomic E-state index is -0.104. The van der Waals surface area contributed by atoms with Crippen LogP contribution >= 0.6 is 0 Å². The van der Waals surface area contributed by atoms with Gasteiger partial charge in [0.05, 0.1) is 12.2 Å². The van der Waals surface area contributed by atoms with Crippen LogP contribution in [0.2, 0.25) is 0 Å². The molecule has 2 N–H and O–H groups in total. The molecule has 1 aromatic rings. The maximum absolute atomic E-state index is 13.2. The Morgan fingerprint density at radius 1 is 0.400 bits per heavy atom. The molecule has 55 heavy (non-hydrogen) atoms. The Kier molecular flexibility index (Phi) is 37.2. The van der Waals surface area contributed by atoms with Crippen molar-refractivity contribution in [2.24, 2.45) is 0 Å². The maximum atomic E-state index is 13.2. The number of unbranched alkanes of at least 4 members (excludes halogenated alkanes) is 33. The van der Waals surface area contributed by atoms with E-state index in [2.05, 4.69) is 31.4 Å². The van der Waals surface area contributed by atoms with E-state index in [1.165, 1.54) is 193 Å². The van der Waals surface area contributed by atoms with Crippen LogP contribution < -0.4 is 15.4 Å². The van der Waals surface area contributed by atoms with Gasteiger partial charge in [-0.15, -0.1) is 0 Å². The predicted octanol–water partition coefficient (Wildman–Crippen LogP) is 15.6. The highest BCUT2D eigenvalue weighted by Gasteiger charge is 2.16. The lowest BCUT2D eigenvalue weighted by Crippen LogP contribution is -2.26. The summed E-state index contributed by atoms with van der Waals surface area (Å²) in [4.78, 5) is 26.3. The number of benzene rings is 1. The smallest absolute Gasteiger partial charge is 0.255 e. The van der Waals surface area contributed by atoms with Crippen LogP contribution in [0.5, 0.6) is 5.75 Å². The van der Waals surface area contributed by atoms with Crippen molar-refractivity contribution in [1.82, 2.24) is 10.6 Å². The zero-order valence-corrected chi connectivity index (χ0v) is 37.0. The van der Waals surface area contributed by atoms with Gasteiger partial charge >= 0.3 is 0 Å². The lowest BCUT2D eigenvalue weighted by molar-refractivity contribution is 0.0937. The summed E-state index contributed by atoms with van der Waals surface area (Å²) in [6, 6.07) is 5.34. The van der Waals surface area contributed by atoms with Crippen molar-refractivity contribution < 1.29 is 14.3 Å². The zero-order chi connectivity index (χ0) is 39.7. The largest absolute Gasteiger partial charge is 0.493 e. The molecule has 0 aliphatic carbocycles. The molecule has 0 aliphatic rings. The van der Waals surface area contributed by atoms with Crippen LogP contribution in [0.3, 0.4) is 0 Å². The fourth-order valence-electron chi connectivity index (χ4n) is 7.63. The number of ether oxygens (including phenoxy) is 1. The van der Waals surface area contributed by atoms with Gasteiger partial charge in [0.2, 0.25) is 0 Å². The molecule has 0 unspecified atom stereocenters. The average Bonchev–Trinajstić information content (AvgIpc) is 3.20. The Morgan fingerprint density at radius 2 is 0.709 bits per heavy atom. The summed E-state index contributed by atoms with van der Waals surface area (Å²) >= 11 is 0. The number of carbonyl (C=O) groups is 2. The predicted molar refractivity (Wildman–Crippen MR) is 240 cm³/mol. The molecule has 320 valence electrons. The van der Waals surface area contributed by atoms with Crippen LogP contribution in [-0.4, -0.2) is 31.5 Å². The van der Waals surface area contributed by atoms with Crippen molar-refractivity contribution >= 4 is 11.8 Å². The Bertz CT molecular complexity index is 995. The molecule has 0 aromatic heterocycles. The van der Waals surface area contributed by atoms with E-state index in [0.29, 0.717) is 36.6 Å². The number of carbonyl (C=O) groups excluding carboxylic acids is 2. The highest BCUT2D eigenvalue weighted by Crippen LogP contribution is 2.22. The molecule has 0 heterocycles. The van der Waals surface area contributed by atoms with E-state index in [9.17, 15) is 9.59 Å². The first-order valence-corrected chi connectivity index (χ1v) is 24.5. The van der Waals surface area contributed by atoms with Crippen LogP contribution in [0.1, 0.15) is 273 Å². The molecule has 0 spiro atoms. The van der Waals surface area contributed by atoms with Gasteiger partial charge in [-0.3, -0.25) is 9.59 Å². The molecular formula is C50H92N2O3. The monoisotopic (exact) mass is 769 g/mol. The van der Waals surface area contributed by atoms with Crippen LogP contribution in [-0.2, 0) is 0 Å². The number of rotatable bonds is 42. The van der Waals surface area contributed by atoms with Crippen molar-refractivity contribution in [3.8, 4) is 5.75 Å². The molecule has 0 saturated carbocycles. The molecule has 0 bridgehead atoms. The molecule has 0 aliphatic heterocycles. The minimum absolute atomic E-state index is 0.0838. The molecule has 1 rings (SSSR count). The quantitative estimate of drug-likeness (QED) is 0.0651. The van der Waals surface area contributed by atoms with Crippen LogP contribution in [0.25, 0.3) is 0 Å². The third-order valence-corrected chi connectivity index (χ3v) is 11.4. The summed E-state index contributed by atoms with van der Waals surface area (Å²) in [6.45, 7) is 8.73. The zero-order valence-electron chi connectivity index (χ0n) is 37.0. The van der Waals surface area contributed by atoms with E-state index >= 15 is 0 Å². The van der Waals surface area contributed by atoms with Crippen molar-refractivity contribution in [2.75, 3.05) is 19.7 Å². The molecule has 1 aromatic carbocycles. The van der Waals surface area contributed by atoms with Crippen molar-refractivity contribution in [1.29, 1.82) is 0 Å². The van der Waals surface area contributed by atoms with Gasteiger partial charge in [-0.05, 0) is 37.5 Å². The van der Waals surface area contributed by atoms with Gasteiger partial charge in [0.1, 0.15) is 5.75 Å². The lowest BCUT2D eigenvalue weighted by Gasteiger charge is -2.14. The lowest BCUT2D eigenvalue weighted by atomic mass is 10.0. The van der Waals surface area contributed by atoms with E-state index in [1.807, 2.05) is 0 Å². The minimum Gasteiger partial charge on any atom is -0.493 e. The van der Waals surface area contributed by atoms with Crippen LogP contribution in [0.4, 0.5) is 0 Å². The highest BCUT2D eigenvalue weighted by molar-refractivity contribution is 6.00. The first kappa shape index (κ1) is 51.0. The first-order chi connectivity index (χ1) is 27.1. The van der Waals surface area contributed by atoms with Gasteiger partial charge in [0.15, 0.2) is 0 Å². The summed E-state index contributed by atoms with van der Waals surface area (Å²) in [7, 11) is 0. The molecular weight excluding hydrogens is 677 g/mol. The molecule has 0 radical (unpaired) electrons. The number of amides is 2. The van der Waals surface area contributed by atoms with Gasteiger partial charge in [0.25, 0.3) is 11.8 Å². The van der Waals surface area contributed by atoms with Gasteiger partial charge in [-0.2, -0.15) is 0 Å². The van der Waals surface area contributed by atoms with E-state index < -0.39 is 0 Å². The van der Waals surface area contributed by atoms with Crippen LogP contribution in [0.15, 0.2) is 18.2 Å². The third-order valence-electron chi connectivity index (χ3n) is 11.4. The van der Waals surface area contributed by atoms with Gasteiger partial charge in [-0.1, -0.05) is 233 Å². The Balaban J connectivity index is 2.32. The van der Waals surface area contributed by atoms with E-state index in [-0.39, 0.29) is 11.8 Å². The molecule has 0 atom stereocenters. The summed E-state index contributed by atoms with van der Waals surface area (Å²) in [5.74, 6) is 0.342. The van der Waals surface area contributed by atoms with E-state index in [0.717, 1.165) is 38.5 Å². The normalized spacial score (nSPS) is 11.3. The standard InChI is InChI=1S/C50H92N2O3/c1-4-7-10-13-16-18-20-22-24-26-28-30-32-34-37-42-51-49(53)46-40-41-47(48(45-46)55-44-39-36-15-12-9-6-3)50(54)52-43-38-35-33-31-29-27-25-23-21-19-17-14-11-8-5-2/h40-41,45H,4-39,42-44H2,1-3H3,(H,51,53)(H,52,54). The average molecular weight is 769 g/mol. The molecule has 0 saturated heterocycles. The fourth-order valence-corrected chi connectivity index (χ4v) is 7.63. The third kappa shape index (κ3) is 31.7. The molecule has 5 heteroatoms. The van der Waals surface area contributed by atoms with Gasteiger partial charge in [-0.25, -0.2) is 0 Å². The Hall–Kier alpha value is -2.04. The van der Waals surface area contributed by atoms with Gasteiger partial charge < -0.3 is 15.4 Å². The number of hydrogen-bond acceptors (Lipinski definition) is 3. The Morgan fingerprint density at radius 3 is 1.07 bits per heavy atom. The summed E-state index contributed by atoms with van der Waals surface area (Å²) in [5.41, 5.74) is 1.10. The van der Waals surface area contributed by atoms with E-state index in [1.54, 1.807) is 18.2 Å². The fraction of sp³-hybridized carbons (Fsp3) is 0.840. The maximum Gasteiger partial charge on any atom is 0.255 e. The number of hydrogen-bond donors (Lipinski definition) is 2. The topological polar surface area (TPSA) is 67.4 Å². The molecule has 5 nitrogen and oxygen atoms in total. The van der Waals surface area contributed by atoms with Crippen LogP contribution in [0, 0.1) is 0 Å². The summed E-state index contributed by atoms with van der Waals surface area (Å²) in [6.07, 6.45) is 47.1. The summed E-state index contributed by atoms with van der Waals surface area (Å²) in [5, 5.41) is 6.23. The van der Waals surface area contributed by atoms with Crippen molar-refractivity contribution in [2.45, 2.75) is 252 Å². The second kappa shape index (κ2) is 40.2. The molecule has 2 amide bonds.